The molecule has 1 saturated heterocycles. The zero-order chi connectivity index (χ0) is 17.4. The minimum absolute atomic E-state index is 0. The maximum absolute atomic E-state index is 10.3. The SMILES string of the molecule is CN=C(NCC(O)c1ccc(Cl)s1)NC1C2CCOC2C12CCCC2.I. The van der Waals surface area contributed by atoms with Gasteiger partial charge in [-0.15, -0.1) is 35.3 Å². The fraction of sp³-hybridized carbons (Fsp3) is 0.722. The van der Waals surface area contributed by atoms with E-state index in [1.54, 1.807) is 7.05 Å². The number of aliphatic imine (C=N–C) groups is 1. The molecule has 4 unspecified atom stereocenters. The van der Waals surface area contributed by atoms with E-state index >= 15 is 0 Å². The van der Waals surface area contributed by atoms with Gasteiger partial charge in [0.2, 0.25) is 0 Å². The van der Waals surface area contributed by atoms with Gasteiger partial charge in [-0.2, -0.15) is 0 Å². The van der Waals surface area contributed by atoms with Gasteiger partial charge in [0.25, 0.3) is 0 Å². The lowest BCUT2D eigenvalue weighted by Crippen LogP contribution is -2.69. The van der Waals surface area contributed by atoms with Crippen LogP contribution in [0.3, 0.4) is 0 Å². The van der Waals surface area contributed by atoms with Gasteiger partial charge in [-0.1, -0.05) is 24.4 Å². The summed E-state index contributed by atoms with van der Waals surface area (Å²) in [5, 5.41) is 17.2. The van der Waals surface area contributed by atoms with E-state index < -0.39 is 6.10 Å². The van der Waals surface area contributed by atoms with Gasteiger partial charge in [0.05, 0.1) is 10.4 Å². The van der Waals surface area contributed by atoms with Crippen molar-refractivity contribution in [1.29, 1.82) is 0 Å². The number of aliphatic hydroxyl groups is 1. The summed E-state index contributed by atoms with van der Waals surface area (Å²) in [4.78, 5) is 5.24. The smallest absolute Gasteiger partial charge is 0.191 e. The topological polar surface area (TPSA) is 65.9 Å². The second-order valence-corrected chi connectivity index (χ2v) is 9.16. The Morgan fingerprint density at radius 3 is 2.88 bits per heavy atom. The number of thiophene rings is 1. The Kier molecular flexibility index (Phi) is 6.75. The van der Waals surface area contributed by atoms with Crippen LogP contribution in [0.1, 0.15) is 43.1 Å². The summed E-state index contributed by atoms with van der Waals surface area (Å²) in [6.45, 7) is 1.31. The Morgan fingerprint density at radius 1 is 1.46 bits per heavy atom. The number of nitrogens with zero attached hydrogens (tertiary/aromatic N) is 1. The predicted octanol–water partition coefficient (Wildman–Crippen LogP) is 3.57. The number of aliphatic hydroxyl groups excluding tert-OH is 1. The average molecular weight is 512 g/mol. The van der Waals surface area contributed by atoms with Crippen molar-refractivity contribution in [3.8, 4) is 0 Å². The minimum Gasteiger partial charge on any atom is -0.386 e. The number of rotatable bonds is 4. The second kappa shape index (κ2) is 8.51. The molecule has 4 rings (SSSR count). The van der Waals surface area contributed by atoms with Crippen LogP contribution in [-0.4, -0.2) is 43.4 Å². The molecule has 0 aromatic carbocycles. The van der Waals surface area contributed by atoms with E-state index in [1.165, 1.54) is 37.0 Å². The number of nitrogens with one attached hydrogen (secondary N) is 2. The summed E-state index contributed by atoms with van der Waals surface area (Å²) in [6.07, 6.45) is 6.09. The normalized spacial score (nSPS) is 30.4. The fourth-order valence-corrected chi connectivity index (χ4v) is 6.09. The maximum atomic E-state index is 10.3. The third kappa shape index (κ3) is 3.62. The molecule has 146 valence electrons. The van der Waals surface area contributed by atoms with E-state index in [9.17, 15) is 5.11 Å². The highest BCUT2D eigenvalue weighted by Gasteiger charge is 2.65. The van der Waals surface area contributed by atoms with Gasteiger partial charge in [-0.25, -0.2) is 0 Å². The highest BCUT2D eigenvalue weighted by atomic mass is 127. The summed E-state index contributed by atoms with van der Waals surface area (Å²) < 4.78 is 6.74. The van der Waals surface area contributed by atoms with E-state index in [0.717, 1.165) is 23.9 Å². The fourth-order valence-electron chi connectivity index (χ4n) is 5.05. The van der Waals surface area contributed by atoms with Crippen LogP contribution >= 0.6 is 46.9 Å². The Hall–Kier alpha value is -0.0900. The highest BCUT2D eigenvalue weighted by molar-refractivity contribution is 14.0. The molecule has 4 atom stereocenters. The van der Waals surface area contributed by atoms with Crippen molar-refractivity contribution in [2.24, 2.45) is 16.3 Å². The molecule has 1 spiro atoms. The van der Waals surface area contributed by atoms with Crippen molar-refractivity contribution in [3.63, 3.8) is 0 Å². The van der Waals surface area contributed by atoms with Gasteiger partial charge in [-0.05, 0) is 31.4 Å². The molecule has 0 amide bonds. The molecule has 0 bridgehead atoms. The molecule has 1 aromatic heterocycles. The van der Waals surface area contributed by atoms with Gasteiger partial charge in [0.15, 0.2) is 5.96 Å². The van der Waals surface area contributed by atoms with Crippen molar-refractivity contribution in [2.45, 2.75) is 50.4 Å². The van der Waals surface area contributed by atoms with Crippen molar-refractivity contribution >= 4 is 52.9 Å². The van der Waals surface area contributed by atoms with Crippen LogP contribution in [0.25, 0.3) is 0 Å². The van der Waals surface area contributed by atoms with Gasteiger partial charge in [0, 0.05) is 42.5 Å². The molecule has 2 heterocycles. The summed E-state index contributed by atoms with van der Waals surface area (Å²) in [6, 6.07) is 4.12. The average Bonchev–Trinajstić information content (AvgIpc) is 3.34. The number of ether oxygens (including phenoxy) is 1. The first kappa shape index (κ1) is 20.6. The number of hydrogen-bond acceptors (Lipinski definition) is 4. The third-order valence-corrected chi connectivity index (χ3v) is 7.52. The molecule has 3 aliphatic rings. The van der Waals surface area contributed by atoms with Crippen molar-refractivity contribution in [3.05, 3.63) is 21.3 Å². The molecule has 1 aliphatic heterocycles. The zero-order valence-electron chi connectivity index (χ0n) is 14.9. The lowest BCUT2D eigenvalue weighted by molar-refractivity contribution is -0.125. The van der Waals surface area contributed by atoms with Crippen LogP contribution in [0, 0.1) is 11.3 Å². The molecule has 2 aliphatic carbocycles. The lowest BCUT2D eigenvalue weighted by atomic mass is 9.54. The van der Waals surface area contributed by atoms with Gasteiger partial charge >= 0.3 is 0 Å². The summed E-state index contributed by atoms with van der Waals surface area (Å²) in [7, 11) is 1.78. The lowest BCUT2D eigenvalue weighted by Gasteiger charge is -2.57. The number of halogens is 2. The molecular weight excluding hydrogens is 485 g/mol. The van der Waals surface area contributed by atoms with Crippen LogP contribution in [-0.2, 0) is 4.74 Å². The third-order valence-electron chi connectivity index (χ3n) is 6.19. The number of guanidine groups is 1. The highest BCUT2D eigenvalue weighted by Crippen LogP contribution is 2.60. The first-order chi connectivity index (χ1) is 12.1. The van der Waals surface area contributed by atoms with Gasteiger partial charge < -0.3 is 20.5 Å². The summed E-state index contributed by atoms with van der Waals surface area (Å²) >= 11 is 7.36. The zero-order valence-corrected chi connectivity index (χ0v) is 18.8. The monoisotopic (exact) mass is 511 g/mol. The first-order valence-corrected chi connectivity index (χ1v) is 10.4. The molecule has 26 heavy (non-hydrogen) atoms. The predicted molar refractivity (Wildman–Crippen MR) is 117 cm³/mol. The molecule has 8 heteroatoms. The van der Waals surface area contributed by atoms with E-state index in [4.69, 9.17) is 16.3 Å². The van der Waals surface area contributed by atoms with Crippen molar-refractivity contribution in [2.75, 3.05) is 20.2 Å². The molecule has 2 saturated carbocycles. The molecular formula is C18H27ClIN3O2S. The van der Waals surface area contributed by atoms with Crippen LogP contribution in [0.2, 0.25) is 4.34 Å². The molecule has 5 nitrogen and oxygen atoms in total. The quantitative estimate of drug-likeness (QED) is 0.329. The van der Waals surface area contributed by atoms with E-state index in [1.807, 2.05) is 12.1 Å². The Balaban J connectivity index is 0.00000196. The van der Waals surface area contributed by atoms with E-state index in [-0.39, 0.29) is 24.0 Å². The van der Waals surface area contributed by atoms with Crippen LogP contribution in [0.5, 0.6) is 0 Å². The van der Waals surface area contributed by atoms with Crippen LogP contribution in [0.4, 0.5) is 0 Å². The Morgan fingerprint density at radius 2 is 2.23 bits per heavy atom. The molecule has 3 N–H and O–H groups in total. The summed E-state index contributed by atoms with van der Waals surface area (Å²) in [5.41, 5.74) is 0.290. The minimum atomic E-state index is -0.583. The van der Waals surface area contributed by atoms with Crippen LogP contribution < -0.4 is 10.6 Å². The van der Waals surface area contributed by atoms with Crippen molar-refractivity contribution < 1.29 is 9.84 Å². The maximum Gasteiger partial charge on any atom is 0.191 e. The molecule has 0 radical (unpaired) electrons. The van der Waals surface area contributed by atoms with Crippen molar-refractivity contribution in [1.82, 2.24) is 10.6 Å². The van der Waals surface area contributed by atoms with E-state index in [0.29, 0.717) is 34.4 Å². The first-order valence-electron chi connectivity index (χ1n) is 9.16. The van der Waals surface area contributed by atoms with Gasteiger partial charge in [0.1, 0.15) is 6.10 Å². The molecule has 1 aromatic rings. The number of fused-ring (bicyclic) bond motifs is 2. The van der Waals surface area contributed by atoms with E-state index in [2.05, 4.69) is 15.6 Å². The summed E-state index contributed by atoms with van der Waals surface area (Å²) in [5.74, 6) is 1.36. The standard InChI is InChI=1S/C18H26ClN3O2S.HI/c1-20-17(21-10-12(23)13-4-5-14(19)25-13)22-15-11-6-9-24-16(11)18(15)7-2-3-8-18;/h4-5,11-12,15-16,23H,2-3,6-10H2,1H3,(H2,20,21,22);1H. The molecule has 3 fully saturated rings. The van der Waals surface area contributed by atoms with Crippen LogP contribution in [0.15, 0.2) is 17.1 Å². The Bertz CT molecular complexity index is 650. The number of hydrogen-bond donors (Lipinski definition) is 3. The largest absolute Gasteiger partial charge is 0.386 e. The second-order valence-electron chi connectivity index (χ2n) is 7.42. The Labute approximate surface area is 181 Å². The van der Waals surface area contributed by atoms with Gasteiger partial charge in [-0.3, -0.25) is 4.99 Å².